The molecule has 0 aromatic heterocycles. The Bertz CT molecular complexity index is 408. The smallest absolute Gasteiger partial charge is 0.251 e. The average Bonchev–Trinajstić information content (AvgIpc) is 2.98. The van der Waals surface area contributed by atoms with E-state index in [1.165, 1.54) is 17.1 Å². The van der Waals surface area contributed by atoms with Gasteiger partial charge in [-0.2, -0.15) is 0 Å². The number of benzene rings is 1. The van der Waals surface area contributed by atoms with Crippen molar-refractivity contribution in [1.82, 2.24) is 10.6 Å². The lowest BCUT2D eigenvalue weighted by atomic mass is 10.1. The summed E-state index contributed by atoms with van der Waals surface area (Å²) in [6, 6.07) is 8.01. The minimum Gasteiger partial charge on any atom is -0.351 e. The lowest BCUT2D eigenvalue weighted by molar-refractivity contribution is 0.0954. The van der Waals surface area contributed by atoms with Crippen molar-refractivity contribution in [3.63, 3.8) is 0 Å². The van der Waals surface area contributed by atoms with Crippen molar-refractivity contribution in [3.05, 3.63) is 35.4 Å². The Hall–Kier alpha value is -0.360. The molecule has 6 heteroatoms. The first-order valence-corrected chi connectivity index (χ1v) is 8.73. The van der Waals surface area contributed by atoms with Crippen LogP contribution in [0, 0.1) is 0 Å². The molecule has 0 bridgehead atoms. The molecule has 0 unspecified atom stereocenters. The Morgan fingerprint density at radius 2 is 1.85 bits per heavy atom. The molecule has 0 aliphatic carbocycles. The minimum atomic E-state index is 0. The Morgan fingerprint density at radius 3 is 2.45 bits per heavy atom. The highest BCUT2D eigenvalue weighted by Gasteiger charge is 2.18. The summed E-state index contributed by atoms with van der Waals surface area (Å²) < 4.78 is 0.547. The molecule has 0 saturated carbocycles. The predicted molar refractivity (Wildman–Crippen MR) is 92.2 cm³/mol. The van der Waals surface area contributed by atoms with Crippen molar-refractivity contribution >= 4 is 41.8 Å². The van der Waals surface area contributed by atoms with E-state index in [1.54, 1.807) is 0 Å². The zero-order chi connectivity index (χ0) is 13.5. The fourth-order valence-electron chi connectivity index (χ4n) is 1.89. The van der Waals surface area contributed by atoms with Gasteiger partial charge in [-0.1, -0.05) is 19.1 Å². The molecule has 1 aliphatic heterocycles. The van der Waals surface area contributed by atoms with E-state index >= 15 is 0 Å². The molecule has 1 heterocycles. The number of halogens is 1. The Labute approximate surface area is 135 Å². The third-order valence-corrected chi connectivity index (χ3v) is 6.01. The first-order valence-electron chi connectivity index (χ1n) is 6.63. The quantitative estimate of drug-likeness (QED) is 0.786. The Kier molecular flexibility index (Phi) is 8.45. The summed E-state index contributed by atoms with van der Waals surface area (Å²) in [6.07, 6.45) is 0. The van der Waals surface area contributed by atoms with Gasteiger partial charge in [0.1, 0.15) is 0 Å². The highest BCUT2D eigenvalue weighted by Crippen LogP contribution is 2.45. The van der Waals surface area contributed by atoms with Gasteiger partial charge in [-0.05, 0) is 24.2 Å². The molecule has 0 atom stereocenters. The number of carbonyl (C=O) groups is 1. The third kappa shape index (κ3) is 5.20. The summed E-state index contributed by atoms with van der Waals surface area (Å²) in [5.41, 5.74) is 2.06. The molecule has 1 fully saturated rings. The molecule has 1 aliphatic rings. The van der Waals surface area contributed by atoms with E-state index in [1.807, 2.05) is 35.7 Å². The maximum absolute atomic E-state index is 11.9. The van der Waals surface area contributed by atoms with E-state index in [0.717, 1.165) is 18.7 Å². The van der Waals surface area contributed by atoms with Gasteiger partial charge in [0.05, 0.1) is 4.58 Å². The van der Waals surface area contributed by atoms with Crippen molar-refractivity contribution in [3.8, 4) is 0 Å². The molecule has 1 saturated heterocycles. The highest BCUT2D eigenvalue weighted by atomic mass is 35.5. The SMILES string of the molecule is CCNCCNC(=O)c1ccc(C2SCCS2)cc1.Cl. The molecule has 2 N–H and O–H groups in total. The van der Waals surface area contributed by atoms with Crippen molar-refractivity contribution in [1.29, 1.82) is 0 Å². The zero-order valence-electron chi connectivity index (χ0n) is 11.6. The van der Waals surface area contributed by atoms with E-state index in [4.69, 9.17) is 0 Å². The van der Waals surface area contributed by atoms with Gasteiger partial charge in [0, 0.05) is 30.2 Å². The fourth-order valence-corrected chi connectivity index (χ4v) is 4.75. The molecule has 2 rings (SSSR count). The Morgan fingerprint density at radius 1 is 1.20 bits per heavy atom. The summed E-state index contributed by atoms with van der Waals surface area (Å²) >= 11 is 3.97. The van der Waals surface area contributed by atoms with Crippen LogP contribution in [0.25, 0.3) is 0 Å². The van der Waals surface area contributed by atoms with E-state index in [-0.39, 0.29) is 18.3 Å². The molecule has 0 radical (unpaired) electrons. The first-order chi connectivity index (χ1) is 9.31. The summed E-state index contributed by atoms with van der Waals surface area (Å²) in [7, 11) is 0. The number of likely N-dealkylation sites (N-methyl/N-ethyl adjacent to an activating group) is 1. The largest absolute Gasteiger partial charge is 0.351 e. The molecule has 1 aromatic carbocycles. The van der Waals surface area contributed by atoms with Crippen molar-refractivity contribution in [2.75, 3.05) is 31.1 Å². The average molecular weight is 333 g/mol. The van der Waals surface area contributed by atoms with Crippen LogP contribution < -0.4 is 10.6 Å². The van der Waals surface area contributed by atoms with Crippen LogP contribution in [-0.2, 0) is 0 Å². The van der Waals surface area contributed by atoms with Gasteiger partial charge in [0.25, 0.3) is 5.91 Å². The number of hydrogen-bond donors (Lipinski definition) is 2. The second-order valence-electron chi connectivity index (χ2n) is 4.30. The highest BCUT2D eigenvalue weighted by molar-refractivity contribution is 8.19. The summed E-state index contributed by atoms with van der Waals surface area (Å²) in [5.74, 6) is 2.46. The molecular weight excluding hydrogens is 312 g/mol. The standard InChI is InChI=1S/C14H20N2OS2.ClH/c1-2-15-7-8-16-13(17)11-3-5-12(6-4-11)14-18-9-10-19-14;/h3-6,14-15H,2,7-10H2,1H3,(H,16,17);1H. The number of nitrogens with one attached hydrogen (secondary N) is 2. The van der Waals surface area contributed by atoms with Gasteiger partial charge in [0.15, 0.2) is 0 Å². The fraction of sp³-hybridized carbons (Fsp3) is 0.500. The monoisotopic (exact) mass is 332 g/mol. The normalized spacial score (nSPS) is 14.8. The molecule has 1 amide bonds. The van der Waals surface area contributed by atoms with E-state index in [0.29, 0.717) is 11.1 Å². The molecule has 112 valence electrons. The number of carbonyl (C=O) groups excluding carboxylic acids is 1. The van der Waals surface area contributed by atoms with Crippen LogP contribution in [-0.4, -0.2) is 37.0 Å². The lowest BCUT2D eigenvalue weighted by Gasteiger charge is -2.09. The zero-order valence-corrected chi connectivity index (χ0v) is 14.0. The first kappa shape index (κ1) is 17.7. The number of thioether (sulfide) groups is 2. The van der Waals surface area contributed by atoms with Gasteiger partial charge in [-0.3, -0.25) is 4.79 Å². The third-order valence-electron chi connectivity index (χ3n) is 2.90. The van der Waals surface area contributed by atoms with Crippen LogP contribution in [0.4, 0.5) is 0 Å². The van der Waals surface area contributed by atoms with Crippen molar-refractivity contribution in [2.24, 2.45) is 0 Å². The second kappa shape index (κ2) is 9.55. The van der Waals surface area contributed by atoms with Crippen LogP contribution in [0.3, 0.4) is 0 Å². The van der Waals surface area contributed by atoms with Gasteiger partial charge < -0.3 is 10.6 Å². The lowest BCUT2D eigenvalue weighted by Crippen LogP contribution is -2.31. The topological polar surface area (TPSA) is 41.1 Å². The molecule has 1 aromatic rings. The number of amides is 1. The van der Waals surface area contributed by atoms with E-state index < -0.39 is 0 Å². The van der Waals surface area contributed by atoms with Gasteiger partial charge in [0.2, 0.25) is 0 Å². The predicted octanol–water partition coefficient (Wildman–Crippen LogP) is 2.93. The molecule has 0 spiro atoms. The number of rotatable bonds is 6. The van der Waals surface area contributed by atoms with Crippen LogP contribution in [0.15, 0.2) is 24.3 Å². The molecule has 3 nitrogen and oxygen atoms in total. The van der Waals surface area contributed by atoms with Crippen molar-refractivity contribution < 1.29 is 4.79 Å². The van der Waals surface area contributed by atoms with Gasteiger partial charge in [-0.25, -0.2) is 0 Å². The molecule has 20 heavy (non-hydrogen) atoms. The van der Waals surface area contributed by atoms with Crippen LogP contribution in [0.2, 0.25) is 0 Å². The van der Waals surface area contributed by atoms with Crippen molar-refractivity contribution in [2.45, 2.75) is 11.5 Å². The van der Waals surface area contributed by atoms with E-state index in [9.17, 15) is 4.79 Å². The van der Waals surface area contributed by atoms with E-state index in [2.05, 4.69) is 29.7 Å². The van der Waals surface area contributed by atoms with Crippen LogP contribution >= 0.6 is 35.9 Å². The number of hydrogen-bond acceptors (Lipinski definition) is 4. The summed E-state index contributed by atoms with van der Waals surface area (Å²) in [6.45, 7) is 4.47. The Balaban J connectivity index is 0.00000200. The maximum atomic E-state index is 11.9. The maximum Gasteiger partial charge on any atom is 0.251 e. The van der Waals surface area contributed by atoms with Gasteiger partial charge >= 0.3 is 0 Å². The summed E-state index contributed by atoms with van der Waals surface area (Å²) in [5, 5.41) is 6.09. The van der Waals surface area contributed by atoms with Gasteiger partial charge in [-0.15, -0.1) is 35.9 Å². The molecular formula is C14H21ClN2OS2. The van der Waals surface area contributed by atoms with Crippen LogP contribution in [0.1, 0.15) is 27.4 Å². The summed E-state index contributed by atoms with van der Waals surface area (Å²) in [4.78, 5) is 11.9. The van der Waals surface area contributed by atoms with Crippen LogP contribution in [0.5, 0.6) is 0 Å². The minimum absolute atomic E-state index is 0. The second-order valence-corrected chi connectivity index (χ2v) is 7.03.